The van der Waals surface area contributed by atoms with E-state index < -0.39 is 17.7 Å². The smallest absolute Gasteiger partial charge is 0.408 e. The van der Waals surface area contributed by atoms with Gasteiger partial charge in [-0.3, -0.25) is 4.79 Å². The summed E-state index contributed by atoms with van der Waals surface area (Å²) in [6.07, 6.45) is 2.18. The molecule has 3 rings (SSSR count). The molecule has 2 amide bonds. The lowest BCUT2D eigenvalue weighted by atomic mass is 10.0. The van der Waals surface area contributed by atoms with E-state index >= 15 is 0 Å². The highest BCUT2D eigenvalue weighted by atomic mass is 16.6. The lowest BCUT2D eigenvalue weighted by Gasteiger charge is -2.22. The molecule has 1 aromatic carbocycles. The number of ether oxygens (including phenoxy) is 3. The predicted molar refractivity (Wildman–Crippen MR) is 121 cm³/mol. The van der Waals surface area contributed by atoms with Crippen molar-refractivity contribution < 1.29 is 23.8 Å². The maximum atomic E-state index is 12.6. The number of hydrogen-bond acceptors (Lipinski definition) is 6. The van der Waals surface area contributed by atoms with Gasteiger partial charge in [0.25, 0.3) is 0 Å². The SMILES string of the molecule is CCC(NC(=O)OC(C)(C)C)C(=O)Nc1ccc(Oc2cccc3c2C(CC)OC3)nc1. The average Bonchev–Trinajstić information content (AvgIpc) is 3.16. The first-order valence-corrected chi connectivity index (χ1v) is 10.9. The van der Waals surface area contributed by atoms with Crippen molar-refractivity contribution in [3.8, 4) is 11.6 Å². The number of hydrogen-bond donors (Lipinski definition) is 2. The van der Waals surface area contributed by atoms with Crippen molar-refractivity contribution in [3.05, 3.63) is 47.7 Å². The first-order chi connectivity index (χ1) is 15.2. The molecular formula is C24H31N3O5. The number of rotatable bonds is 7. The molecule has 2 atom stereocenters. The van der Waals surface area contributed by atoms with Crippen molar-refractivity contribution in [2.24, 2.45) is 0 Å². The summed E-state index contributed by atoms with van der Waals surface area (Å²) in [5.41, 5.74) is 2.05. The Morgan fingerprint density at radius 1 is 1.22 bits per heavy atom. The van der Waals surface area contributed by atoms with Crippen LogP contribution in [0.1, 0.15) is 64.7 Å². The van der Waals surface area contributed by atoms with Crippen LogP contribution < -0.4 is 15.4 Å². The molecule has 2 unspecified atom stereocenters. The van der Waals surface area contributed by atoms with Crippen molar-refractivity contribution in [2.75, 3.05) is 5.32 Å². The van der Waals surface area contributed by atoms with E-state index in [1.54, 1.807) is 32.9 Å². The van der Waals surface area contributed by atoms with Crippen molar-refractivity contribution in [3.63, 3.8) is 0 Å². The number of fused-ring (bicyclic) bond motifs is 1. The van der Waals surface area contributed by atoms with Crippen LogP contribution in [-0.4, -0.2) is 28.6 Å². The molecule has 0 saturated carbocycles. The van der Waals surface area contributed by atoms with Crippen LogP contribution in [0.4, 0.5) is 10.5 Å². The van der Waals surface area contributed by atoms with Gasteiger partial charge in [0.1, 0.15) is 17.4 Å². The molecule has 0 fully saturated rings. The number of amides is 2. The molecule has 1 aromatic heterocycles. The number of anilines is 1. The second kappa shape index (κ2) is 9.99. The van der Waals surface area contributed by atoms with Crippen molar-refractivity contribution >= 4 is 17.7 Å². The van der Waals surface area contributed by atoms with E-state index in [0.29, 0.717) is 24.6 Å². The van der Waals surface area contributed by atoms with Crippen LogP contribution in [0.15, 0.2) is 36.5 Å². The number of alkyl carbamates (subject to hydrolysis) is 1. The molecule has 1 aliphatic heterocycles. The van der Waals surface area contributed by atoms with E-state index in [9.17, 15) is 9.59 Å². The number of benzene rings is 1. The van der Waals surface area contributed by atoms with Crippen LogP contribution >= 0.6 is 0 Å². The van der Waals surface area contributed by atoms with E-state index in [1.807, 2.05) is 25.1 Å². The quantitative estimate of drug-likeness (QED) is 0.620. The van der Waals surface area contributed by atoms with E-state index in [2.05, 4.69) is 22.5 Å². The van der Waals surface area contributed by atoms with Crippen LogP contribution in [0.3, 0.4) is 0 Å². The van der Waals surface area contributed by atoms with Gasteiger partial charge in [-0.1, -0.05) is 26.0 Å². The first-order valence-electron chi connectivity index (χ1n) is 10.9. The topological polar surface area (TPSA) is 98.8 Å². The number of carbonyl (C=O) groups is 2. The minimum absolute atomic E-state index is 0.0169. The molecule has 32 heavy (non-hydrogen) atoms. The molecule has 2 heterocycles. The molecule has 2 aromatic rings. The Morgan fingerprint density at radius 2 is 2.00 bits per heavy atom. The summed E-state index contributed by atoms with van der Waals surface area (Å²) in [6, 6.07) is 8.55. The number of nitrogens with zero attached hydrogens (tertiary/aromatic N) is 1. The van der Waals surface area contributed by atoms with Crippen LogP contribution in [0.2, 0.25) is 0 Å². The van der Waals surface area contributed by atoms with Gasteiger partial charge < -0.3 is 24.8 Å². The summed E-state index contributed by atoms with van der Waals surface area (Å²) in [6.45, 7) is 9.77. The summed E-state index contributed by atoms with van der Waals surface area (Å²) >= 11 is 0. The third-order valence-corrected chi connectivity index (χ3v) is 4.92. The Labute approximate surface area is 188 Å². The Kier molecular flexibility index (Phi) is 7.35. The molecular weight excluding hydrogens is 410 g/mol. The predicted octanol–water partition coefficient (Wildman–Crippen LogP) is 5.10. The van der Waals surface area contributed by atoms with Gasteiger partial charge in [-0.15, -0.1) is 0 Å². The lowest BCUT2D eigenvalue weighted by Crippen LogP contribution is -2.45. The lowest BCUT2D eigenvalue weighted by molar-refractivity contribution is -0.118. The molecule has 0 bridgehead atoms. The van der Waals surface area contributed by atoms with Crippen LogP contribution in [-0.2, 0) is 20.9 Å². The first kappa shape index (κ1) is 23.5. The third-order valence-electron chi connectivity index (χ3n) is 4.92. The van der Waals surface area contributed by atoms with Gasteiger partial charge >= 0.3 is 6.09 Å². The zero-order valence-corrected chi connectivity index (χ0v) is 19.2. The van der Waals surface area contributed by atoms with E-state index in [0.717, 1.165) is 23.3 Å². The maximum absolute atomic E-state index is 12.6. The average molecular weight is 442 g/mol. The monoisotopic (exact) mass is 441 g/mol. The molecule has 0 saturated heterocycles. The highest BCUT2D eigenvalue weighted by molar-refractivity contribution is 5.96. The largest absolute Gasteiger partial charge is 0.444 e. The van der Waals surface area contributed by atoms with E-state index in [-0.39, 0.29) is 12.0 Å². The van der Waals surface area contributed by atoms with Gasteiger partial charge in [0.05, 0.1) is 24.6 Å². The normalized spacial score (nSPS) is 16.1. The number of pyridine rings is 1. The number of carbonyl (C=O) groups excluding carboxylic acids is 2. The van der Waals surface area contributed by atoms with Crippen LogP contribution in [0.5, 0.6) is 11.6 Å². The minimum Gasteiger partial charge on any atom is -0.444 e. The molecule has 0 radical (unpaired) electrons. The van der Waals surface area contributed by atoms with Gasteiger partial charge in [0, 0.05) is 11.6 Å². The summed E-state index contributed by atoms with van der Waals surface area (Å²) in [7, 11) is 0. The van der Waals surface area contributed by atoms with E-state index in [1.165, 1.54) is 6.20 Å². The zero-order valence-electron chi connectivity index (χ0n) is 19.2. The molecule has 0 aliphatic carbocycles. The second-order valence-corrected chi connectivity index (χ2v) is 8.62. The number of aromatic nitrogens is 1. The Morgan fingerprint density at radius 3 is 2.62 bits per heavy atom. The molecule has 8 nitrogen and oxygen atoms in total. The standard InChI is InChI=1S/C24H31N3O5/c1-6-17(27-23(29)32-24(3,4)5)22(28)26-16-11-12-20(25-13-16)31-19-10-8-9-15-14-30-18(7-2)21(15)19/h8-13,17-18H,6-7,14H2,1-5H3,(H,26,28)(H,27,29). The van der Waals surface area contributed by atoms with Crippen molar-refractivity contribution in [2.45, 2.75) is 71.8 Å². The molecule has 0 spiro atoms. The highest BCUT2D eigenvalue weighted by Crippen LogP contribution is 2.40. The van der Waals surface area contributed by atoms with Crippen molar-refractivity contribution in [1.29, 1.82) is 0 Å². The van der Waals surface area contributed by atoms with Gasteiger partial charge in [0.2, 0.25) is 11.8 Å². The minimum atomic E-state index is -0.723. The fourth-order valence-electron chi connectivity index (χ4n) is 3.42. The van der Waals surface area contributed by atoms with Crippen LogP contribution in [0, 0.1) is 0 Å². The molecule has 1 aliphatic rings. The maximum Gasteiger partial charge on any atom is 0.408 e. The van der Waals surface area contributed by atoms with Gasteiger partial charge in [-0.2, -0.15) is 0 Å². The molecule has 8 heteroatoms. The fourth-order valence-corrected chi connectivity index (χ4v) is 3.42. The third kappa shape index (κ3) is 5.97. The van der Waals surface area contributed by atoms with E-state index in [4.69, 9.17) is 14.2 Å². The van der Waals surface area contributed by atoms with Crippen molar-refractivity contribution in [1.82, 2.24) is 10.3 Å². The summed E-state index contributed by atoms with van der Waals surface area (Å²) < 4.78 is 17.0. The fraction of sp³-hybridized carbons (Fsp3) is 0.458. The summed E-state index contributed by atoms with van der Waals surface area (Å²) in [5.74, 6) is 0.790. The number of nitrogens with one attached hydrogen (secondary N) is 2. The van der Waals surface area contributed by atoms with Gasteiger partial charge in [0.15, 0.2) is 0 Å². The zero-order chi connectivity index (χ0) is 23.3. The Bertz CT molecular complexity index is 953. The summed E-state index contributed by atoms with van der Waals surface area (Å²) in [4.78, 5) is 28.8. The van der Waals surface area contributed by atoms with Crippen LogP contribution in [0.25, 0.3) is 0 Å². The molecule has 2 N–H and O–H groups in total. The highest BCUT2D eigenvalue weighted by Gasteiger charge is 2.26. The molecule has 172 valence electrons. The Hall–Kier alpha value is -3.13. The van der Waals surface area contributed by atoms with Gasteiger partial charge in [-0.05, 0) is 51.3 Å². The Balaban J connectivity index is 1.62. The second-order valence-electron chi connectivity index (χ2n) is 8.62. The van der Waals surface area contributed by atoms with Gasteiger partial charge in [-0.25, -0.2) is 9.78 Å². The summed E-state index contributed by atoms with van der Waals surface area (Å²) in [5, 5.41) is 5.35.